The summed E-state index contributed by atoms with van der Waals surface area (Å²) in [7, 11) is -3.60. The summed E-state index contributed by atoms with van der Waals surface area (Å²) < 4.78 is 29.3. The number of unbranched alkanes of at least 4 members (excludes halogenated alkanes) is 12. The van der Waals surface area contributed by atoms with Gasteiger partial charge in [-0.3, -0.25) is 4.18 Å². The molecule has 0 fully saturated rings. The first-order valence-corrected chi connectivity index (χ1v) is 13.3. The van der Waals surface area contributed by atoms with Crippen molar-refractivity contribution < 1.29 is 12.6 Å². The van der Waals surface area contributed by atoms with Crippen LogP contribution in [0.2, 0.25) is 0 Å². The van der Waals surface area contributed by atoms with Crippen molar-refractivity contribution in [2.24, 2.45) is 5.92 Å². The van der Waals surface area contributed by atoms with Crippen LogP contribution in [0.1, 0.15) is 109 Å². The number of aryl methyl sites for hydroxylation is 1. The Bertz CT molecular complexity index is 605. The third-order valence-electron chi connectivity index (χ3n) is 5.47. The molecule has 0 aliphatic rings. The monoisotopic (exact) mass is 424 g/mol. The summed E-state index contributed by atoms with van der Waals surface area (Å²) in [4.78, 5) is 0.249. The van der Waals surface area contributed by atoms with Gasteiger partial charge in [-0.05, 0) is 31.4 Å². The molecule has 0 aliphatic carbocycles. The minimum absolute atomic E-state index is 0.249. The largest absolute Gasteiger partial charge is 0.296 e. The van der Waals surface area contributed by atoms with E-state index < -0.39 is 10.1 Å². The molecule has 4 heteroatoms. The maximum atomic E-state index is 12.1. The van der Waals surface area contributed by atoms with Gasteiger partial charge in [0.25, 0.3) is 10.1 Å². The Kier molecular flexibility index (Phi) is 14.3. The zero-order valence-corrected chi connectivity index (χ0v) is 19.9. The Labute approximate surface area is 180 Å². The van der Waals surface area contributed by atoms with E-state index in [4.69, 9.17) is 4.18 Å². The van der Waals surface area contributed by atoms with Gasteiger partial charge in [0.1, 0.15) is 0 Å². The van der Waals surface area contributed by atoms with Crippen molar-refractivity contribution in [3.63, 3.8) is 0 Å². The van der Waals surface area contributed by atoms with E-state index in [9.17, 15) is 8.42 Å². The van der Waals surface area contributed by atoms with Gasteiger partial charge in [0.2, 0.25) is 0 Å². The van der Waals surface area contributed by atoms with Crippen LogP contribution in [-0.4, -0.2) is 15.0 Å². The van der Waals surface area contributed by atoms with Crippen LogP contribution < -0.4 is 0 Å². The molecular weight excluding hydrogens is 380 g/mol. The Morgan fingerprint density at radius 1 is 0.690 bits per heavy atom. The quantitative estimate of drug-likeness (QED) is 0.178. The highest BCUT2D eigenvalue weighted by Crippen LogP contribution is 2.16. The van der Waals surface area contributed by atoms with Crippen LogP contribution in [0, 0.1) is 12.8 Å². The molecule has 0 atom stereocenters. The minimum Gasteiger partial charge on any atom is -0.266 e. The van der Waals surface area contributed by atoms with Gasteiger partial charge in [0.15, 0.2) is 0 Å². The summed E-state index contributed by atoms with van der Waals surface area (Å²) in [6.07, 6.45) is 18.1. The predicted molar refractivity (Wildman–Crippen MR) is 124 cm³/mol. The average Bonchev–Trinajstić information content (AvgIpc) is 2.67. The smallest absolute Gasteiger partial charge is 0.266 e. The molecule has 0 aliphatic heterocycles. The van der Waals surface area contributed by atoms with E-state index in [1.165, 1.54) is 77.0 Å². The van der Waals surface area contributed by atoms with Gasteiger partial charge >= 0.3 is 0 Å². The van der Waals surface area contributed by atoms with E-state index in [1.807, 2.05) is 6.92 Å². The molecule has 29 heavy (non-hydrogen) atoms. The first kappa shape index (κ1) is 26.2. The Balaban J connectivity index is 1.87. The number of rotatable bonds is 18. The minimum atomic E-state index is -3.60. The van der Waals surface area contributed by atoms with Crippen LogP contribution in [-0.2, 0) is 14.3 Å². The number of benzene rings is 1. The van der Waals surface area contributed by atoms with Gasteiger partial charge in [-0.2, -0.15) is 8.42 Å². The molecule has 0 spiro atoms. The molecule has 1 aromatic rings. The number of hydrogen-bond donors (Lipinski definition) is 0. The van der Waals surface area contributed by atoms with Crippen LogP contribution in [0.4, 0.5) is 0 Å². The summed E-state index contributed by atoms with van der Waals surface area (Å²) in [5.74, 6) is 0.856. The average molecular weight is 425 g/mol. The normalized spacial score (nSPS) is 12.0. The fourth-order valence-corrected chi connectivity index (χ4v) is 4.48. The molecule has 0 unspecified atom stereocenters. The van der Waals surface area contributed by atoms with E-state index >= 15 is 0 Å². The maximum Gasteiger partial charge on any atom is 0.296 e. The first-order chi connectivity index (χ1) is 13.9. The predicted octanol–water partition coefficient (Wildman–Crippen LogP) is 7.82. The molecule has 0 radical (unpaired) electrons. The van der Waals surface area contributed by atoms with Gasteiger partial charge in [-0.1, -0.05) is 115 Å². The van der Waals surface area contributed by atoms with Gasteiger partial charge in [0.05, 0.1) is 11.5 Å². The van der Waals surface area contributed by atoms with Crippen LogP contribution in [0.5, 0.6) is 0 Å². The van der Waals surface area contributed by atoms with Gasteiger partial charge in [-0.25, -0.2) is 0 Å². The highest BCUT2D eigenvalue weighted by Gasteiger charge is 2.14. The van der Waals surface area contributed by atoms with Crippen LogP contribution in [0.15, 0.2) is 29.2 Å². The highest BCUT2D eigenvalue weighted by molar-refractivity contribution is 7.86. The summed E-state index contributed by atoms with van der Waals surface area (Å²) in [6, 6.07) is 6.81. The van der Waals surface area contributed by atoms with Crippen LogP contribution in [0.25, 0.3) is 0 Å². The van der Waals surface area contributed by atoms with Crippen molar-refractivity contribution in [3.05, 3.63) is 29.8 Å². The molecule has 0 amide bonds. The van der Waals surface area contributed by atoms with Gasteiger partial charge < -0.3 is 0 Å². The molecule has 0 aromatic heterocycles. The third kappa shape index (κ3) is 13.9. The van der Waals surface area contributed by atoms with Crippen molar-refractivity contribution >= 4 is 10.1 Å². The van der Waals surface area contributed by atoms with E-state index in [0.29, 0.717) is 0 Å². The van der Waals surface area contributed by atoms with Crippen molar-refractivity contribution in [1.82, 2.24) is 0 Å². The Morgan fingerprint density at radius 3 is 1.55 bits per heavy atom. The summed E-state index contributed by atoms with van der Waals surface area (Å²) in [5.41, 5.74) is 1.04. The lowest BCUT2D eigenvalue weighted by molar-refractivity contribution is 0.306. The number of hydrogen-bond acceptors (Lipinski definition) is 3. The van der Waals surface area contributed by atoms with Gasteiger partial charge in [0, 0.05) is 0 Å². The highest BCUT2D eigenvalue weighted by atomic mass is 32.2. The lowest BCUT2D eigenvalue weighted by Gasteiger charge is -2.06. The molecule has 0 saturated heterocycles. The molecule has 1 rings (SSSR count). The van der Waals surface area contributed by atoms with E-state index in [1.54, 1.807) is 24.3 Å². The second-order valence-corrected chi connectivity index (χ2v) is 10.5. The first-order valence-electron chi connectivity index (χ1n) is 11.9. The zero-order valence-electron chi connectivity index (χ0n) is 19.1. The zero-order chi connectivity index (χ0) is 21.4. The topological polar surface area (TPSA) is 43.4 Å². The summed E-state index contributed by atoms with van der Waals surface area (Å²) in [6.45, 7) is 6.84. The SMILES string of the molecule is Cc1ccc(S(=O)(=O)OCCCCCCCCCCCCCCCC(C)C)cc1. The molecule has 0 saturated carbocycles. The van der Waals surface area contributed by atoms with Crippen LogP contribution >= 0.6 is 0 Å². The lowest BCUT2D eigenvalue weighted by Crippen LogP contribution is -2.07. The lowest BCUT2D eigenvalue weighted by atomic mass is 10.0. The van der Waals surface area contributed by atoms with Crippen molar-refractivity contribution in [2.45, 2.75) is 116 Å². The molecule has 0 bridgehead atoms. The molecule has 0 heterocycles. The van der Waals surface area contributed by atoms with E-state index in [0.717, 1.165) is 24.3 Å². The Hall–Kier alpha value is -0.870. The second-order valence-electron chi connectivity index (χ2n) is 8.87. The van der Waals surface area contributed by atoms with E-state index in [-0.39, 0.29) is 11.5 Å². The summed E-state index contributed by atoms with van der Waals surface area (Å²) >= 11 is 0. The summed E-state index contributed by atoms with van der Waals surface area (Å²) in [5, 5.41) is 0. The molecule has 168 valence electrons. The van der Waals surface area contributed by atoms with Crippen molar-refractivity contribution in [2.75, 3.05) is 6.61 Å². The molecule has 3 nitrogen and oxygen atoms in total. The Morgan fingerprint density at radius 2 is 1.10 bits per heavy atom. The fourth-order valence-electron chi connectivity index (χ4n) is 3.54. The van der Waals surface area contributed by atoms with E-state index in [2.05, 4.69) is 13.8 Å². The standard InChI is InChI=1S/C25H44O3S/c1-23(2)17-15-13-11-9-7-5-4-6-8-10-12-14-16-22-28-29(26,27)25-20-18-24(3)19-21-25/h18-21,23H,4-17,22H2,1-3H3. The van der Waals surface area contributed by atoms with Gasteiger partial charge in [-0.15, -0.1) is 0 Å². The van der Waals surface area contributed by atoms with Crippen LogP contribution in [0.3, 0.4) is 0 Å². The molecular formula is C25H44O3S. The van der Waals surface area contributed by atoms with Crippen molar-refractivity contribution in [3.8, 4) is 0 Å². The molecule has 1 aromatic carbocycles. The third-order valence-corrected chi connectivity index (χ3v) is 6.80. The second kappa shape index (κ2) is 15.9. The fraction of sp³-hybridized carbons (Fsp3) is 0.760. The molecule has 0 N–H and O–H groups in total. The van der Waals surface area contributed by atoms with Crippen molar-refractivity contribution in [1.29, 1.82) is 0 Å². The maximum absolute atomic E-state index is 12.1.